The Kier molecular flexibility index (Phi) is 3.90. The molecule has 0 unspecified atom stereocenters. The monoisotopic (exact) mass is 306 g/mol. The molecule has 108 valence electrons. The largest absolute Gasteiger partial charge is 0.310 e. The van der Waals surface area contributed by atoms with Crippen LogP contribution in [0.1, 0.15) is 16.7 Å². The summed E-state index contributed by atoms with van der Waals surface area (Å²) in [6, 6.07) is 15.7. The van der Waals surface area contributed by atoms with E-state index in [1.807, 2.05) is 54.8 Å². The first-order valence-electron chi connectivity index (χ1n) is 6.92. The molecule has 0 radical (unpaired) electrons. The van der Waals surface area contributed by atoms with Gasteiger partial charge in [-0.3, -0.25) is 4.79 Å². The molecule has 0 saturated carbocycles. The number of aromatic nitrogens is 1. The number of pyridine rings is 1. The van der Waals surface area contributed by atoms with Crippen LogP contribution < -0.4 is 5.56 Å². The van der Waals surface area contributed by atoms with E-state index in [1.54, 1.807) is 10.8 Å². The zero-order valence-electron chi connectivity index (χ0n) is 12.1. The Morgan fingerprint density at radius 3 is 2.68 bits per heavy atom. The second-order valence-electron chi connectivity index (χ2n) is 5.05. The molecule has 0 spiro atoms. The average molecular weight is 306 g/mol. The number of hydrogen-bond donors (Lipinski definition) is 0. The normalized spacial score (nSPS) is 10.4. The standard InChI is InChI=1S/C18H14N2OS/c1-13-5-2-3-6-14(13)12-20-9-8-15(16(11-19)18(20)21)17-7-4-10-22-17/h2-10H,12H2,1H3. The van der Waals surface area contributed by atoms with Gasteiger partial charge in [-0.2, -0.15) is 5.26 Å². The molecule has 3 aromatic rings. The van der Waals surface area contributed by atoms with Crippen LogP contribution in [0.25, 0.3) is 10.4 Å². The third-order valence-corrected chi connectivity index (χ3v) is 4.57. The maximum atomic E-state index is 12.6. The van der Waals surface area contributed by atoms with Crippen LogP contribution in [-0.2, 0) is 6.54 Å². The molecule has 0 aliphatic heterocycles. The molecule has 3 rings (SSSR count). The summed E-state index contributed by atoms with van der Waals surface area (Å²) >= 11 is 1.53. The van der Waals surface area contributed by atoms with E-state index in [1.165, 1.54) is 11.3 Å². The Balaban J connectivity index is 2.07. The summed E-state index contributed by atoms with van der Waals surface area (Å²) in [5.74, 6) is 0. The minimum atomic E-state index is -0.239. The highest BCUT2D eigenvalue weighted by atomic mass is 32.1. The van der Waals surface area contributed by atoms with Gasteiger partial charge < -0.3 is 4.57 Å². The number of hydrogen-bond acceptors (Lipinski definition) is 3. The first-order chi connectivity index (χ1) is 10.7. The molecule has 22 heavy (non-hydrogen) atoms. The van der Waals surface area contributed by atoms with Crippen LogP contribution in [-0.4, -0.2) is 4.57 Å². The van der Waals surface area contributed by atoms with Crippen molar-refractivity contribution in [1.29, 1.82) is 5.26 Å². The number of rotatable bonds is 3. The highest BCUT2D eigenvalue weighted by Crippen LogP contribution is 2.26. The van der Waals surface area contributed by atoms with Crippen molar-refractivity contribution in [2.45, 2.75) is 13.5 Å². The van der Waals surface area contributed by atoms with Gasteiger partial charge in [-0.1, -0.05) is 30.3 Å². The molecule has 0 amide bonds. The fourth-order valence-electron chi connectivity index (χ4n) is 2.42. The molecular weight excluding hydrogens is 292 g/mol. The van der Waals surface area contributed by atoms with Crippen molar-refractivity contribution in [3.05, 3.63) is 81.1 Å². The molecular formula is C18H14N2OS. The smallest absolute Gasteiger partial charge is 0.269 e. The Morgan fingerprint density at radius 2 is 2.00 bits per heavy atom. The van der Waals surface area contributed by atoms with E-state index in [-0.39, 0.29) is 11.1 Å². The van der Waals surface area contributed by atoms with Crippen LogP contribution >= 0.6 is 11.3 Å². The fraction of sp³-hybridized carbons (Fsp3) is 0.111. The first kappa shape index (κ1) is 14.3. The maximum Gasteiger partial charge on any atom is 0.269 e. The summed E-state index contributed by atoms with van der Waals surface area (Å²) < 4.78 is 1.60. The van der Waals surface area contributed by atoms with Crippen LogP contribution in [0.15, 0.2) is 58.8 Å². The van der Waals surface area contributed by atoms with Crippen LogP contribution in [0.2, 0.25) is 0 Å². The molecule has 0 N–H and O–H groups in total. The van der Waals surface area contributed by atoms with E-state index in [0.29, 0.717) is 12.1 Å². The number of benzene rings is 1. The molecule has 2 heterocycles. The van der Waals surface area contributed by atoms with Gasteiger partial charge in [0, 0.05) is 16.6 Å². The van der Waals surface area contributed by atoms with E-state index in [2.05, 4.69) is 6.07 Å². The molecule has 1 aromatic carbocycles. The van der Waals surface area contributed by atoms with Crippen molar-refractivity contribution in [3.63, 3.8) is 0 Å². The number of aryl methyl sites for hydroxylation is 1. The summed E-state index contributed by atoms with van der Waals surface area (Å²) in [5.41, 5.74) is 2.89. The molecule has 0 saturated heterocycles. The third-order valence-electron chi connectivity index (χ3n) is 3.67. The van der Waals surface area contributed by atoms with Gasteiger partial charge in [0.05, 0.1) is 6.54 Å². The van der Waals surface area contributed by atoms with Crippen LogP contribution in [0.3, 0.4) is 0 Å². The van der Waals surface area contributed by atoms with Gasteiger partial charge in [-0.05, 0) is 35.6 Å². The Morgan fingerprint density at radius 1 is 1.18 bits per heavy atom. The quantitative estimate of drug-likeness (QED) is 0.738. The minimum Gasteiger partial charge on any atom is -0.310 e. The van der Waals surface area contributed by atoms with Crippen molar-refractivity contribution >= 4 is 11.3 Å². The Hall–Kier alpha value is -2.64. The number of nitrogens with zero attached hydrogens (tertiary/aromatic N) is 2. The lowest BCUT2D eigenvalue weighted by atomic mass is 10.1. The molecule has 3 nitrogen and oxygen atoms in total. The second kappa shape index (κ2) is 6.00. The van der Waals surface area contributed by atoms with E-state index in [9.17, 15) is 10.1 Å². The third kappa shape index (κ3) is 2.59. The minimum absolute atomic E-state index is 0.207. The molecule has 4 heteroatoms. The molecule has 2 aromatic heterocycles. The molecule has 0 aliphatic carbocycles. The average Bonchev–Trinajstić information content (AvgIpc) is 3.05. The highest BCUT2D eigenvalue weighted by Gasteiger charge is 2.12. The van der Waals surface area contributed by atoms with Gasteiger partial charge in [0.1, 0.15) is 11.6 Å². The topological polar surface area (TPSA) is 45.8 Å². The van der Waals surface area contributed by atoms with Gasteiger partial charge in [0.25, 0.3) is 5.56 Å². The van der Waals surface area contributed by atoms with Crippen molar-refractivity contribution in [2.75, 3.05) is 0 Å². The lowest BCUT2D eigenvalue weighted by Crippen LogP contribution is -2.23. The summed E-state index contributed by atoms with van der Waals surface area (Å²) in [7, 11) is 0. The van der Waals surface area contributed by atoms with Gasteiger partial charge in [-0.25, -0.2) is 0 Å². The Labute approximate surface area is 132 Å². The second-order valence-corrected chi connectivity index (χ2v) is 6.00. The van der Waals surface area contributed by atoms with E-state index >= 15 is 0 Å². The van der Waals surface area contributed by atoms with E-state index in [0.717, 1.165) is 16.0 Å². The van der Waals surface area contributed by atoms with Gasteiger partial charge in [0.15, 0.2) is 0 Å². The van der Waals surface area contributed by atoms with Crippen molar-refractivity contribution in [2.24, 2.45) is 0 Å². The van der Waals surface area contributed by atoms with E-state index in [4.69, 9.17) is 0 Å². The highest BCUT2D eigenvalue weighted by molar-refractivity contribution is 7.13. The summed E-state index contributed by atoms with van der Waals surface area (Å²) in [5, 5.41) is 11.3. The summed E-state index contributed by atoms with van der Waals surface area (Å²) in [6.45, 7) is 2.50. The first-order valence-corrected chi connectivity index (χ1v) is 7.80. The summed E-state index contributed by atoms with van der Waals surface area (Å²) in [6.07, 6.45) is 1.77. The van der Waals surface area contributed by atoms with Crippen LogP contribution in [0.4, 0.5) is 0 Å². The lowest BCUT2D eigenvalue weighted by Gasteiger charge is -2.10. The Bertz CT molecular complexity index is 902. The predicted octanol–water partition coefficient (Wildman–Crippen LogP) is 3.81. The molecule has 0 bridgehead atoms. The number of thiophene rings is 1. The molecule has 0 aliphatic rings. The van der Waals surface area contributed by atoms with Crippen molar-refractivity contribution in [1.82, 2.24) is 4.57 Å². The van der Waals surface area contributed by atoms with Gasteiger partial charge in [0.2, 0.25) is 0 Å². The van der Waals surface area contributed by atoms with Crippen molar-refractivity contribution in [3.8, 4) is 16.5 Å². The zero-order chi connectivity index (χ0) is 15.5. The van der Waals surface area contributed by atoms with Crippen LogP contribution in [0, 0.1) is 18.3 Å². The maximum absolute atomic E-state index is 12.6. The zero-order valence-corrected chi connectivity index (χ0v) is 12.9. The fourth-order valence-corrected chi connectivity index (χ4v) is 3.17. The molecule has 0 fully saturated rings. The van der Waals surface area contributed by atoms with Gasteiger partial charge in [-0.15, -0.1) is 11.3 Å². The predicted molar refractivity (Wildman–Crippen MR) is 89.0 cm³/mol. The van der Waals surface area contributed by atoms with Crippen molar-refractivity contribution < 1.29 is 0 Å². The number of nitriles is 1. The summed E-state index contributed by atoms with van der Waals surface area (Å²) in [4.78, 5) is 13.5. The van der Waals surface area contributed by atoms with E-state index < -0.39 is 0 Å². The molecule has 0 atom stereocenters. The SMILES string of the molecule is Cc1ccccc1Cn1ccc(-c2cccs2)c(C#N)c1=O. The lowest BCUT2D eigenvalue weighted by molar-refractivity contribution is 0.753. The van der Waals surface area contributed by atoms with Crippen LogP contribution in [0.5, 0.6) is 0 Å². The van der Waals surface area contributed by atoms with Gasteiger partial charge >= 0.3 is 0 Å².